The number of thiophene rings is 1. The Kier molecular flexibility index (Phi) is 2.83. The zero-order chi connectivity index (χ0) is 9.10. The molecule has 0 aromatic carbocycles. The Hall–Kier alpha value is -0.580. The summed E-state index contributed by atoms with van der Waals surface area (Å²) in [4.78, 5) is 0. The molecule has 13 heavy (non-hydrogen) atoms. The average molecular weight is 198 g/mol. The molecule has 4 heteroatoms. The summed E-state index contributed by atoms with van der Waals surface area (Å²) in [5.41, 5.74) is 5.91. The Bertz CT molecular complexity index is 250. The normalized spacial score (nSPS) is 28.7. The topological polar surface area (TPSA) is 47.3 Å². The maximum absolute atomic E-state index is 5.91. The van der Waals surface area contributed by atoms with Gasteiger partial charge in [0, 0.05) is 18.7 Å². The number of nitrogens with two attached hydrogens (primary N) is 1. The van der Waals surface area contributed by atoms with Crippen LogP contribution in [0, 0.1) is 0 Å². The van der Waals surface area contributed by atoms with Gasteiger partial charge in [0.1, 0.15) is 0 Å². The van der Waals surface area contributed by atoms with Crippen molar-refractivity contribution in [2.45, 2.75) is 18.5 Å². The summed E-state index contributed by atoms with van der Waals surface area (Å²) >= 11 is 1.71. The van der Waals surface area contributed by atoms with E-state index in [0.29, 0.717) is 12.6 Å². The van der Waals surface area contributed by atoms with Crippen molar-refractivity contribution in [3.8, 4) is 0 Å². The van der Waals surface area contributed by atoms with Crippen LogP contribution in [-0.4, -0.2) is 25.3 Å². The van der Waals surface area contributed by atoms with Gasteiger partial charge in [0.25, 0.3) is 0 Å². The highest BCUT2D eigenvalue weighted by molar-refractivity contribution is 7.14. The van der Waals surface area contributed by atoms with Crippen LogP contribution < -0.4 is 11.1 Å². The van der Waals surface area contributed by atoms with E-state index in [1.807, 2.05) is 6.07 Å². The Labute approximate surface area is 81.9 Å². The van der Waals surface area contributed by atoms with E-state index in [2.05, 4.69) is 16.8 Å². The van der Waals surface area contributed by atoms with E-state index in [9.17, 15) is 0 Å². The van der Waals surface area contributed by atoms with Crippen LogP contribution in [0.15, 0.2) is 17.5 Å². The Morgan fingerprint density at radius 2 is 2.54 bits per heavy atom. The maximum atomic E-state index is 5.91. The van der Waals surface area contributed by atoms with Gasteiger partial charge >= 0.3 is 0 Å². The second-order valence-corrected chi connectivity index (χ2v) is 4.20. The summed E-state index contributed by atoms with van der Waals surface area (Å²) in [5, 5.41) is 6.68. The van der Waals surface area contributed by atoms with Gasteiger partial charge in [-0.25, -0.2) is 0 Å². The maximum Gasteiger partial charge on any atom is 0.0885 e. The van der Waals surface area contributed by atoms with Gasteiger partial charge in [0.05, 0.1) is 11.6 Å². The Morgan fingerprint density at radius 3 is 3.23 bits per heavy atom. The van der Waals surface area contributed by atoms with Gasteiger partial charge in [-0.05, 0) is 23.9 Å². The van der Waals surface area contributed by atoms with Crippen LogP contribution in [0.4, 0.5) is 5.00 Å². The largest absolute Gasteiger partial charge is 0.380 e. The van der Waals surface area contributed by atoms with Gasteiger partial charge in [-0.3, -0.25) is 0 Å². The van der Waals surface area contributed by atoms with Crippen molar-refractivity contribution < 1.29 is 4.74 Å². The van der Waals surface area contributed by atoms with Gasteiger partial charge in [-0.1, -0.05) is 0 Å². The second-order valence-electron chi connectivity index (χ2n) is 3.26. The molecule has 1 fully saturated rings. The third-order valence-electron chi connectivity index (χ3n) is 2.25. The fraction of sp³-hybridized carbons (Fsp3) is 0.556. The van der Waals surface area contributed by atoms with Crippen LogP contribution in [0.5, 0.6) is 0 Å². The molecule has 1 aliphatic heterocycles. The molecule has 2 rings (SSSR count). The quantitative estimate of drug-likeness (QED) is 0.752. The number of rotatable bonds is 2. The monoisotopic (exact) mass is 198 g/mol. The fourth-order valence-electron chi connectivity index (χ4n) is 1.48. The van der Waals surface area contributed by atoms with Crippen molar-refractivity contribution in [3.63, 3.8) is 0 Å². The molecule has 3 nitrogen and oxygen atoms in total. The lowest BCUT2D eigenvalue weighted by atomic mass is 10.1. The van der Waals surface area contributed by atoms with Crippen LogP contribution in [0.2, 0.25) is 0 Å². The van der Waals surface area contributed by atoms with E-state index in [1.165, 1.54) is 5.00 Å². The molecule has 0 unspecified atom stereocenters. The molecule has 0 radical (unpaired) electrons. The molecule has 0 aliphatic carbocycles. The minimum Gasteiger partial charge on any atom is -0.380 e. The fourth-order valence-corrected chi connectivity index (χ4v) is 2.16. The smallest absolute Gasteiger partial charge is 0.0885 e. The zero-order valence-electron chi connectivity index (χ0n) is 7.40. The first kappa shape index (κ1) is 8.99. The van der Waals surface area contributed by atoms with E-state index >= 15 is 0 Å². The Morgan fingerprint density at radius 1 is 1.62 bits per heavy atom. The molecule has 1 aromatic rings. The number of nitrogens with one attached hydrogen (secondary N) is 1. The molecule has 1 saturated heterocycles. The highest BCUT2D eigenvalue weighted by atomic mass is 32.1. The zero-order valence-corrected chi connectivity index (χ0v) is 8.22. The van der Waals surface area contributed by atoms with Crippen molar-refractivity contribution in [1.82, 2.24) is 0 Å². The summed E-state index contributed by atoms with van der Waals surface area (Å²) in [7, 11) is 0. The third kappa shape index (κ3) is 2.21. The highest BCUT2D eigenvalue weighted by Gasteiger charge is 2.21. The van der Waals surface area contributed by atoms with E-state index in [0.717, 1.165) is 13.0 Å². The van der Waals surface area contributed by atoms with Crippen molar-refractivity contribution >= 4 is 16.3 Å². The number of anilines is 1. The first-order valence-corrected chi connectivity index (χ1v) is 5.37. The highest BCUT2D eigenvalue weighted by Crippen LogP contribution is 2.19. The first-order valence-electron chi connectivity index (χ1n) is 4.49. The molecular weight excluding hydrogens is 184 g/mol. The average Bonchev–Trinajstić information content (AvgIpc) is 2.61. The molecule has 2 heterocycles. The summed E-state index contributed by atoms with van der Waals surface area (Å²) in [5.74, 6) is 0. The molecule has 0 amide bonds. The molecular formula is C9H14N2OS. The van der Waals surface area contributed by atoms with E-state index in [4.69, 9.17) is 10.5 Å². The van der Waals surface area contributed by atoms with E-state index in [1.54, 1.807) is 11.3 Å². The van der Waals surface area contributed by atoms with Crippen LogP contribution >= 0.6 is 11.3 Å². The van der Waals surface area contributed by atoms with Gasteiger partial charge in [-0.15, -0.1) is 11.3 Å². The standard InChI is InChI=1S/C9H14N2OS/c10-7-6-12-4-3-8(7)11-9-2-1-5-13-9/h1-2,5,7-8,11H,3-4,6,10H2/t7-,8+/m0/s1. The SMILES string of the molecule is N[C@H]1COCC[C@H]1Nc1cccs1. The summed E-state index contributed by atoms with van der Waals surface area (Å²) in [6.45, 7) is 1.49. The van der Waals surface area contributed by atoms with Crippen molar-refractivity contribution in [3.05, 3.63) is 17.5 Å². The lowest BCUT2D eigenvalue weighted by Crippen LogP contribution is -2.47. The van der Waals surface area contributed by atoms with Gasteiger partial charge in [-0.2, -0.15) is 0 Å². The minimum absolute atomic E-state index is 0.121. The van der Waals surface area contributed by atoms with Crippen molar-refractivity contribution in [2.24, 2.45) is 5.73 Å². The number of ether oxygens (including phenoxy) is 1. The van der Waals surface area contributed by atoms with Crippen LogP contribution in [0.1, 0.15) is 6.42 Å². The number of hydrogen-bond acceptors (Lipinski definition) is 4. The molecule has 0 spiro atoms. The molecule has 2 atom stereocenters. The lowest BCUT2D eigenvalue weighted by Gasteiger charge is -2.29. The summed E-state index contributed by atoms with van der Waals surface area (Å²) < 4.78 is 5.27. The predicted octanol–water partition coefficient (Wildman–Crippen LogP) is 1.28. The first-order chi connectivity index (χ1) is 6.36. The minimum atomic E-state index is 0.121. The molecule has 0 bridgehead atoms. The lowest BCUT2D eigenvalue weighted by molar-refractivity contribution is 0.0753. The molecule has 0 saturated carbocycles. The van der Waals surface area contributed by atoms with E-state index in [-0.39, 0.29) is 6.04 Å². The Balaban J connectivity index is 1.93. The van der Waals surface area contributed by atoms with Crippen LogP contribution in [-0.2, 0) is 4.74 Å². The van der Waals surface area contributed by atoms with Crippen molar-refractivity contribution in [1.29, 1.82) is 0 Å². The predicted molar refractivity (Wildman–Crippen MR) is 55.1 cm³/mol. The van der Waals surface area contributed by atoms with Gasteiger partial charge in [0.2, 0.25) is 0 Å². The van der Waals surface area contributed by atoms with Gasteiger partial charge < -0.3 is 15.8 Å². The second kappa shape index (κ2) is 4.09. The van der Waals surface area contributed by atoms with Crippen LogP contribution in [0.3, 0.4) is 0 Å². The van der Waals surface area contributed by atoms with Gasteiger partial charge in [0.15, 0.2) is 0 Å². The molecule has 1 aromatic heterocycles. The molecule has 72 valence electrons. The van der Waals surface area contributed by atoms with Crippen molar-refractivity contribution in [2.75, 3.05) is 18.5 Å². The van der Waals surface area contributed by atoms with E-state index < -0.39 is 0 Å². The number of hydrogen-bond donors (Lipinski definition) is 2. The molecule has 1 aliphatic rings. The van der Waals surface area contributed by atoms with Crippen LogP contribution in [0.25, 0.3) is 0 Å². The summed E-state index contributed by atoms with van der Waals surface area (Å²) in [6.07, 6.45) is 0.999. The molecule has 3 N–H and O–H groups in total. The summed E-state index contributed by atoms with van der Waals surface area (Å²) in [6, 6.07) is 4.60. The third-order valence-corrected chi connectivity index (χ3v) is 3.05.